The number of hydrogen-bond donors (Lipinski definition) is 2. The van der Waals surface area contributed by atoms with Gasteiger partial charge < -0.3 is 20.1 Å². The van der Waals surface area contributed by atoms with Crippen molar-refractivity contribution in [3.05, 3.63) is 96.6 Å². The van der Waals surface area contributed by atoms with Crippen LogP contribution in [0.15, 0.2) is 85.3 Å². The molecule has 8 heteroatoms. The molecule has 0 saturated carbocycles. The van der Waals surface area contributed by atoms with Gasteiger partial charge in [-0.05, 0) is 35.9 Å². The van der Waals surface area contributed by atoms with E-state index in [1.807, 2.05) is 30.3 Å². The Bertz CT molecular complexity index is 1190. The Hall–Kier alpha value is -4.46. The SMILES string of the molecule is COc1ccc(NC(=O)c2ccnc(Nc3ccncc3)n2)cc1OCc1ccccc1. The summed E-state index contributed by atoms with van der Waals surface area (Å²) < 4.78 is 11.3. The smallest absolute Gasteiger partial charge is 0.274 e. The van der Waals surface area contributed by atoms with Crippen LogP contribution in [0.4, 0.5) is 17.3 Å². The number of carbonyl (C=O) groups excluding carboxylic acids is 1. The highest BCUT2D eigenvalue weighted by Crippen LogP contribution is 2.31. The standard InChI is InChI=1S/C24H21N5O3/c1-31-21-8-7-19(15-22(21)32-16-17-5-3-2-4-6-17)27-23(30)20-11-14-26-24(29-20)28-18-9-12-25-13-10-18/h2-15H,16H2,1H3,(H,27,30)(H,25,26,28,29). The monoisotopic (exact) mass is 427 g/mol. The molecule has 0 atom stereocenters. The summed E-state index contributed by atoms with van der Waals surface area (Å²) in [5, 5.41) is 5.88. The summed E-state index contributed by atoms with van der Waals surface area (Å²) in [6.07, 6.45) is 4.83. The van der Waals surface area contributed by atoms with E-state index in [0.717, 1.165) is 11.3 Å². The van der Waals surface area contributed by atoms with Gasteiger partial charge in [-0.3, -0.25) is 9.78 Å². The van der Waals surface area contributed by atoms with Crippen molar-refractivity contribution in [2.75, 3.05) is 17.7 Å². The van der Waals surface area contributed by atoms with E-state index in [-0.39, 0.29) is 11.6 Å². The molecule has 1 amide bonds. The lowest BCUT2D eigenvalue weighted by Gasteiger charge is -2.13. The van der Waals surface area contributed by atoms with Crippen LogP contribution in [-0.2, 0) is 6.61 Å². The lowest BCUT2D eigenvalue weighted by Crippen LogP contribution is -2.15. The van der Waals surface area contributed by atoms with Crippen molar-refractivity contribution in [2.45, 2.75) is 6.61 Å². The first-order valence-corrected chi connectivity index (χ1v) is 9.87. The van der Waals surface area contributed by atoms with Gasteiger partial charge in [-0.1, -0.05) is 30.3 Å². The number of hydrogen-bond acceptors (Lipinski definition) is 7. The normalized spacial score (nSPS) is 10.3. The van der Waals surface area contributed by atoms with E-state index < -0.39 is 0 Å². The van der Waals surface area contributed by atoms with Gasteiger partial charge >= 0.3 is 0 Å². The Morgan fingerprint density at radius 2 is 1.72 bits per heavy atom. The summed E-state index contributed by atoms with van der Waals surface area (Å²) in [5.41, 5.74) is 2.58. The number of pyridine rings is 1. The summed E-state index contributed by atoms with van der Waals surface area (Å²) >= 11 is 0. The van der Waals surface area contributed by atoms with Crippen LogP contribution in [0.3, 0.4) is 0 Å². The zero-order valence-electron chi connectivity index (χ0n) is 17.4. The molecule has 0 aliphatic heterocycles. The van der Waals surface area contributed by atoms with Crippen LogP contribution in [0.1, 0.15) is 16.1 Å². The van der Waals surface area contributed by atoms with Crippen LogP contribution in [0.5, 0.6) is 11.5 Å². The van der Waals surface area contributed by atoms with Gasteiger partial charge in [-0.2, -0.15) is 0 Å². The number of rotatable bonds is 8. The fraction of sp³-hybridized carbons (Fsp3) is 0.0833. The molecule has 4 aromatic rings. The molecule has 0 radical (unpaired) electrons. The molecule has 0 unspecified atom stereocenters. The Labute approximate surface area is 185 Å². The quantitative estimate of drug-likeness (QED) is 0.428. The van der Waals surface area contributed by atoms with Crippen LogP contribution in [0, 0.1) is 0 Å². The molecule has 0 saturated heterocycles. The summed E-state index contributed by atoms with van der Waals surface area (Å²) in [4.78, 5) is 25.2. The van der Waals surface area contributed by atoms with Gasteiger partial charge in [-0.25, -0.2) is 9.97 Å². The van der Waals surface area contributed by atoms with Gasteiger partial charge in [0.15, 0.2) is 11.5 Å². The lowest BCUT2D eigenvalue weighted by atomic mass is 10.2. The second-order valence-corrected chi connectivity index (χ2v) is 6.72. The highest BCUT2D eigenvalue weighted by atomic mass is 16.5. The molecule has 0 spiro atoms. The zero-order valence-corrected chi connectivity index (χ0v) is 17.4. The maximum atomic E-state index is 12.8. The van der Waals surface area contributed by atoms with Crippen molar-refractivity contribution in [1.82, 2.24) is 15.0 Å². The molecule has 32 heavy (non-hydrogen) atoms. The van der Waals surface area contributed by atoms with E-state index in [9.17, 15) is 4.79 Å². The van der Waals surface area contributed by atoms with E-state index in [1.165, 1.54) is 6.20 Å². The van der Waals surface area contributed by atoms with Crippen molar-refractivity contribution in [2.24, 2.45) is 0 Å². The Kier molecular flexibility index (Phi) is 6.52. The number of aromatic nitrogens is 3. The molecule has 0 fully saturated rings. The van der Waals surface area contributed by atoms with Crippen molar-refractivity contribution in [3.8, 4) is 11.5 Å². The summed E-state index contributed by atoms with van der Waals surface area (Å²) in [6.45, 7) is 0.380. The van der Waals surface area contributed by atoms with Crippen LogP contribution < -0.4 is 20.1 Å². The highest BCUT2D eigenvalue weighted by Gasteiger charge is 2.12. The third-order valence-corrected chi connectivity index (χ3v) is 4.48. The first kappa shape index (κ1) is 20.8. The number of nitrogens with zero attached hydrogens (tertiary/aromatic N) is 3. The molecule has 0 aliphatic carbocycles. The Balaban J connectivity index is 1.46. The van der Waals surface area contributed by atoms with E-state index in [4.69, 9.17) is 9.47 Å². The Morgan fingerprint density at radius 3 is 2.50 bits per heavy atom. The molecule has 0 aliphatic rings. The van der Waals surface area contributed by atoms with Crippen LogP contribution in [-0.4, -0.2) is 28.0 Å². The lowest BCUT2D eigenvalue weighted by molar-refractivity contribution is 0.102. The maximum Gasteiger partial charge on any atom is 0.274 e. The molecular weight excluding hydrogens is 406 g/mol. The van der Waals surface area contributed by atoms with E-state index >= 15 is 0 Å². The first-order chi connectivity index (χ1) is 15.7. The minimum absolute atomic E-state index is 0.221. The summed E-state index contributed by atoms with van der Waals surface area (Å²) in [5.74, 6) is 1.04. The second kappa shape index (κ2) is 10.0. The van der Waals surface area contributed by atoms with Crippen molar-refractivity contribution >= 4 is 23.2 Å². The molecule has 2 aromatic carbocycles. The number of amides is 1. The fourth-order valence-corrected chi connectivity index (χ4v) is 2.91. The number of anilines is 3. The van der Waals surface area contributed by atoms with Gasteiger partial charge in [-0.15, -0.1) is 0 Å². The predicted molar refractivity (Wildman–Crippen MR) is 121 cm³/mol. The number of benzene rings is 2. The van der Waals surface area contributed by atoms with Gasteiger partial charge in [0.25, 0.3) is 5.91 Å². The van der Waals surface area contributed by atoms with Crippen molar-refractivity contribution in [1.29, 1.82) is 0 Å². The number of nitrogens with one attached hydrogen (secondary N) is 2. The van der Waals surface area contributed by atoms with E-state index in [1.54, 1.807) is 55.9 Å². The number of ether oxygens (including phenoxy) is 2. The van der Waals surface area contributed by atoms with Crippen LogP contribution in [0.2, 0.25) is 0 Å². The van der Waals surface area contributed by atoms with Gasteiger partial charge in [0.1, 0.15) is 12.3 Å². The van der Waals surface area contributed by atoms with E-state index in [2.05, 4.69) is 25.6 Å². The largest absolute Gasteiger partial charge is 0.493 e. The molecule has 2 heterocycles. The third-order valence-electron chi connectivity index (χ3n) is 4.48. The van der Waals surface area contributed by atoms with Crippen LogP contribution in [0.25, 0.3) is 0 Å². The first-order valence-electron chi connectivity index (χ1n) is 9.87. The Morgan fingerprint density at radius 1 is 0.906 bits per heavy atom. The van der Waals surface area contributed by atoms with Crippen molar-refractivity contribution in [3.63, 3.8) is 0 Å². The minimum atomic E-state index is -0.371. The molecule has 4 rings (SSSR count). The van der Waals surface area contributed by atoms with Gasteiger partial charge in [0.05, 0.1) is 7.11 Å². The number of methoxy groups -OCH3 is 1. The maximum absolute atomic E-state index is 12.8. The van der Waals surface area contributed by atoms with E-state index in [0.29, 0.717) is 29.7 Å². The molecule has 8 nitrogen and oxygen atoms in total. The predicted octanol–water partition coefficient (Wildman–Crippen LogP) is 4.46. The second-order valence-electron chi connectivity index (χ2n) is 6.72. The average Bonchev–Trinajstić information content (AvgIpc) is 2.84. The topological polar surface area (TPSA) is 98.3 Å². The molecule has 2 aromatic heterocycles. The number of carbonyl (C=O) groups is 1. The molecule has 160 valence electrons. The third kappa shape index (κ3) is 5.37. The fourth-order valence-electron chi connectivity index (χ4n) is 2.91. The van der Waals surface area contributed by atoms with Gasteiger partial charge in [0, 0.05) is 36.0 Å². The van der Waals surface area contributed by atoms with Crippen LogP contribution >= 0.6 is 0 Å². The average molecular weight is 427 g/mol. The highest BCUT2D eigenvalue weighted by molar-refractivity contribution is 6.03. The minimum Gasteiger partial charge on any atom is -0.493 e. The summed E-state index contributed by atoms with van der Waals surface area (Å²) in [6, 6.07) is 20.1. The molecule has 0 bridgehead atoms. The van der Waals surface area contributed by atoms with Gasteiger partial charge in [0.2, 0.25) is 5.95 Å². The molecule has 2 N–H and O–H groups in total. The molecular formula is C24H21N5O3. The van der Waals surface area contributed by atoms with Crippen molar-refractivity contribution < 1.29 is 14.3 Å². The summed E-state index contributed by atoms with van der Waals surface area (Å²) in [7, 11) is 1.57. The zero-order chi connectivity index (χ0) is 22.2.